The Hall–Kier alpha value is -2.94. The Morgan fingerprint density at radius 1 is 1.19 bits per heavy atom. The Labute approximate surface area is 183 Å². The average molecular weight is 445 g/mol. The molecule has 0 spiro atoms. The fraction of sp³-hybridized carbons (Fsp3) is 0.409. The summed E-state index contributed by atoms with van der Waals surface area (Å²) in [5.74, 6) is -1.05. The van der Waals surface area contributed by atoms with Crippen LogP contribution in [0.3, 0.4) is 0 Å². The van der Waals surface area contributed by atoms with E-state index in [1.54, 1.807) is 9.80 Å². The van der Waals surface area contributed by atoms with E-state index in [1.165, 1.54) is 18.5 Å². The molecule has 1 atom stereocenters. The van der Waals surface area contributed by atoms with E-state index >= 15 is 0 Å². The number of aromatic nitrogens is 1. The molecule has 2 amide bonds. The summed E-state index contributed by atoms with van der Waals surface area (Å²) in [7, 11) is -0.150. The molecule has 2 heterocycles. The molecule has 3 rings (SSSR count). The van der Waals surface area contributed by atoms with Gasteiger partial charge < -0.3 is 19.9 Å². The molecule has 2 aromatic rings. The van der Waals surface area contributed by atoms with Gasteiger partial charge in [-0.3, -0.25) is 0 Å². The second-order valence-electron chi connectivity index (χ2n) is 8.77. The van der Waals surface area contributed by atoms with Gasteiger partial charge in [-0.05, 0) is 25.1 Å². The minimum atomic E-state index is -1.39. The smallest absolute Gasteiger partial charge is 0.339 e. The van der Waals surface area contributed by atoms with Gasteiger partial charge in [0.05, 0.1) is 20.7 Å². The Balaban J connectivity index is 1.63. The molecule has 7 nitrogen and oxygen atoms in total. The van der Waals surface area contributed by atoms with Crippen LogP contribution >= 0.6 is 0 Å². The van der Waals surface area contributed by atoms with Crippen LogP contribution in [-0.2, 0) is 4.74 Å². The average Bonchev–Trinajstić information content (AvgIpc) is 2.72. The van der Waals surface area contributed by atoms with E-state index in [9.17, 15) is 14.0 Å². The maximum Gasteiger partial charge on any atom is 0.339 e. The highest BCUT2D eigenvalue weighted by atomic mass is 28.3. The molecular weight excluding hydrogens is 415 g/mol. The number of nitrogens with one attached hydrogen (secondary N) is 1. The summed E-state index contributed by atoms with van der Waals surface area (Å²) in [6.07, 6.45) is 1.30. The van der Waals surface area contributed by atoms with Crippen LogP contribution in [0.4, 0.5) is 20.7 Å². The van der Waals surface area contributed by atoms with Crippen molar-refractivity contribution in [2.45, 2.75) is 32.6 Å². The van der Waals surface area contributed by atoms with Crippen molar-refractivity contribution < 1.29 is 18.7 Å². The number of urea groups is 1. The van der Waals surface area contributed by atoms with Crippen LogP contribution in [0.2, 0.25) is 19.6 Å². The molecule has 31 heavy (non-hydrogen) atoms. The lowest BCUT2D eigenvalue weighted by molar-refractivity contribution is 0.0599. The molecule has 166 valence electrons. The predicted octanol–water partition coefficient (Wildman–Crippen LogP) is 3.30. The number of methoxy groups -OCH3 is 1. The van der Waals surface area contributed by atoms with Crippen molar-refractivity contribution >= 4 is 36.8 Å². The summed E-state index contributed by atoms with van der Waals surface area (Å²) in [4.78, 5) is 32.0. The summed E-state index contributed by atoms with van der Waals surface area (Å²) >= 11 is 0. The van der Waals surface area contributed by atoms with Gasteiger partial charge in [0.15, 0.2) is 11.6 Å². The number of amides is 2. The molecule has 1 aromatic carbocycles. The molecule has 0 aliphatic carbocycles. The normalized spacial score (nSPS) is 16.8. The van der Waals surface area contributed by atoms with Crippen molar-refractivity contribution in [3.05, 3.63) is 47.9 Å². The first kappa shape index (κ1) is 22.7. The maximum atomic E-state index is 14.5. The van der Waals surface area contributed by atoms with Gasteiger partial charge in [0, 0.05) is 37.6 Å². The fourth-order valence-corrected chi connectivity index (χ4v) is 4.76. The maximum absolute atomic E-state index is 14.5. The molecule has 0 unspecified atom stereocenters. The number of halogens is 1. The van der Waals surface area contributed by atoms with Crippen molar-refractivity contribution in [1.82, 2.24) is 9.88 Å². The lowest BCUT2D eigenvalue weighted by Crippen LogP contribution is -2.55. The van der Waals surface area contributed by atoms with Gasteiger partial charge in [0.1, 0.15) is 0 Å². The first-order valence-electron chi connectivity index (χ1n) is 10.3. The molecule has 1 aliphatic rings. The van der Waals surface area contributed by atoms with Crippen LogP contribution in [0.5, 0.6) is 0 Å². The first-order chi connectivity index (χ1) is 14.6. The number of nitrogens with zero attached hydrogens (tertiary/aromatic N) is 3. The zero-order chi connectivity index (χ0) is 22.8. The highest BCUT2D eigenvalue weighted by Gasteiger charge is 2.29. The first-order valence-corrected chi connectivity index (χ1v) is 13.8. The third-order valence-electron chi connectivity index (χ3n) is 5.43. The van der Waals surface area contributed by atoms with Crippen LogP contribution in [0.15, 0.2) is 36.5 Å². The largest absolute Gasteiger partial charge is 0.465 e. The highest BCUT2D eigenvalue weighted by Crippen LogP contribution is 2.22. The van der Waals surface area contributed by atoms with Crippen molar-refractivity contribution in [1.29, 1.82) is 0 Å². The number of hydrogen-bond acceptors (Lipinski definition) is 5. The van der Waals surface area contributed by atoms with Crippen LogP contribution < -0.4 is 15.4 Å². The van der Waals surface area contributed by atoms with Crippen LogP contribution in [0, 0.1) is 5.82 Å². The van der Waals surface area contributed by atoms with Gasteiger partial charge in [0.25, 0.3) is 0 Å². The summed E-state index contributed by atoms with van der Waals surface area (Å²) in [6, 6.07) is 8.84. The Bertz CT molecular complexity index is 962. The minimum Gasteiger partial charge on any atom is -0.465 e. The zero-order valence-electron chi connectivity index (χ0n) is 18.6. The van der Waals surface area contributed by atoms with Crippen molar-refractivity contribution in [2.75, 3.05) is 37.0 Å². The molecule has 0 saturated carbocycles. The number of piperazine rings is 1. The Morgan fingerprint density at radius 3 is 2.42 bits per heavy atom. The zero-order valence-corrected chi connectivity index (χ0v) is 19.6. The molecule has 1 fully saturated rings. The minimum absolute atomic E-state index is 0.0648. The number of esters is 1. The molecule has 1 aromatic heterocycles. The molecular formula is C22H29FN4O3Si. The summed E-state index contributed by atoms with van der Waals surface area (Å²) in [5, 5.41) is 4.29. The summed E-state index contributed by atoms with van der Waals surface area (Å²) in [6.45, 7) is 10.1. The van der Waals surface area contributed by atoms with Crippen molar-refractivity contribution in [3.63, 3.8) is 0 Å². The number of hydrogen-bond donors (Lipinski definition) is 1. The van der Waals surface area contributed by atoms with Gasteiger partial charge in [-0.1, -0.05) is 37.0 Å². The Morgan fingerprint density at radius 2 is 1.87 bits per heavy atom. The number of anilines is 2. The molecule has 9 heteroatoms. The highest BCUT2D eigenvalue weighted by molar-refractivity contribution is 6.88. The third-order valence-corrected chi connectivity index (χ3v) is 7.50. The second kappa shape index (κ2) is 9.05. The van der Waals surface area contributed by atoms with Crippen LogP contribution in [-0.4, -0.2) is 62.7 Å². The van der Waals surface area contributed by atoms with E-state index in [-0.39, 0.29) is 23.5 Å². The van der Waals surface area contributed by atoms with Crippen LogP contribution in [0.1, 0.15) is 17.3 Å². The number of pyridine rings is 1. The number of rotatable bonds is 4. The van der Waals surface area contributed by atoms with E-state index in [2.05, 4.69) is 46.8 Å². The quantitative estimate of drug-likeness (QED) is 0.579. The Kier molecular flexibility index (Phi) is 6.64. The van der Waals surface area contributed by atoms with Crippen molar-refractivity contribution in [3.8, 4) is 0 Å². The van der Waals surface area contributed by atoms with Gasteiger partial charge in [-0.25, -0.2) is 19.0 Å². The lowest BCUT2D eigenvalue weighted by Gasteiger charge is -2.40. The SMILES string of the molecule is COC(=O)c1cnc(N2CCN(C(=O)Nc3ccc([Si](C)(C)C)cc3)[C@H](C)C2)c(F)c1. The van der Waals surface area contributed by atoms with E-state index < -0.39 is 19.9 Å². The molecule has 1 aliphatic heterocycles. The number of ether oxygens (including phenoxy) is 1. The molecule has 1 N–H and O–H groups in total. The predicted molar refractivity (Wildman–Crippen MR) is 122 cm³/mol. The van der Waals surface area contributed by atoms with Gasteiger partial charge in [-0.15, -0.1) is 0 Å². The van der Waals surface area contributed by atoms with Crippen LogP contribution in [0.25, 0.3) is 0 Å². The molecule has 1 saturated heterocycles. The molecule has 0 radical (unpaired) electrons. The second-order valence-corrected chi connectivity index (χ2v) is 13.8. The lowest BCUT2D eigenvalue weighted by atomic mass is 10.2. The molecule has 0 bridgehead atoms. The van der Waals surface area contributed by atoms with Gasteiger partial charge in [-0.2, -0.15) is 0 Å². The monoisotopic (exact) mass is 444 g/mol. The van der Waals surface area contributed by atoms with Crippen molar-refractivity contribution in [2.24, 2.45) is 0 Å². The van der Waals surface area contributed by atoms with E-state index in [1.807, 2.05) is 19.1 Å². The number of carbonyl (C=O) groups is 2. The van der Waals surface area contributed by atoms with E-state index in [0.29, 0.717) is 19.6 Å². The number of benzene rings is 1. The summed E-state index contributed by atoms with van der Waals surface area (Å²) in [5.41, 5.74) is 0.822. The number of carbonyl (C=O) groups excluding carboxylic acids is 2. The topological polar surface area (TPSA) is 74.8 Å². The van der Waals surface area contributed by atoms with E-state index in [0.717, 1.165) is 11.8 Å². The standard InChI is InChI=1S/C22H29FN4O3Si/c1-15-14-26(20-19(23)12-16(13-24-20)21(28)30-2)10-11-27(15)22(29)25-17-6-8-18(9-7-17)31(3,4)5/h6-9,12-13,15H,10-11,14H2,1-5H3,(H,25,29)/t15-/m1/s1. The fourth-order valence-electron chi connectivity index (χ4n) is 3.59. The van der Waals surface area contributed by atoms with Gasteiger partial charge in [0.2, 0.25) is 0 Å². The summed E-state index contributed by atoms with van der Waals surface area (Å²) < 4.78 is 19.1. The van der Waals surface area contributed by atoms with E-state index in [4.69, 9.17) is 0 Å². The third kappa shape index (κ3) is 5.22. The van der Waals surface area contributed by atoms with Gasteiger partial charge >= 0.3 is 12.0 Å².